The topological polar surface area (TPSA) is 108 Å². The van der Waals surface area contributed by atoms with E-state index in [4.69, 9.17) is 14.2 Å². The van der Waals surface area contributed by atoms with Crippen molar-refractivity contribution >= 4 is 23.4 Å². The Morgan fingerprint density at radius 3 is 1.46 bits per heavy atom. The number of benzene rings is 5. The van der Waals surface area contributed by atoms with Crippen LogP contribution in [0.5, 0.6) is 0 Å². The molecule has 1 N–H and O–H groups in total. The van der Waals surface area contributed by atoms with Gasteiger partial charge in [-0.2, -0.15) is 0 Å². The molecule has 1 amide bonds. The van der Waals surface area contributed by atoms with Crippen LogP contribution in [0.4, 0.5) is 4.79 Å². The van der Waals surface area contributed by atoms with E-state index < -0.39 is 53.7 Å². The molecule has 7 rings (SSSR count). The highest BCUT2D eigenvalue weighted by Crippen LogP contribution is 2.45. The molecule has 5 aromatic rings. The fourth-order valence-electron chi connectivity index (χ4n) is 7.27. The molecule has 1 aliphatic heterocycles. The van der Waals surface area contributed by atoms with Crippen LogP contribution in [0.1, 0.15) is 48.1 Å². The van der Waals surface area contributed by atoms with Gasteiger partial charge in [-0.3, -0.25) is 19.7 Å². The number of Topliss-reactive ketones (excluding diaryl/α,β-unsaturated/α-hetero) is 3. The van der Waals surface area contributed by atoms with E-state index in [0.717, 1.165) is 22.3 Å². The molecule has 0 radical (unpaired) electrons. The van der Waals surface area contributed by atoms with E-state index in [1.807, 2.05) is 48.5 Å². The summed E-state index contributed by atoms with van der Waals surface area (Å²) < 4.78 is 17.9. The van der Waals surface area contributed by atoms with Crippen molar-refractivity contribution in [2.24, 2.45) is 17.8 Å². The van der Waals surface area contributed by atoms with Gasteiger partial charge >= 0.3 is 6.09 Å². The van der Waals surface area contributed by atoms with Crippen LogP contribution in [0.2, 0.25) is 0 Å². The van der Waals surface area contributed by atoms with Crippen LogP contribution in [0.25, 0.3) is 11.1 Å². The Labute approximate surface area is 290 Å². The zero-order chi connectivity index (χ0) is 34.6. The fourth-order valence-corrected chi connectivity index (χ4v) is 7.27. The molecule has 0 saturated carbocycles. The number of methoxy groups -OCH3 is 1. The molecule has 5 aromatic carbocycles. The van der Waals surface area contributed by atoms with E-state index >= 15 is 0 Å². The van der Waals surface area contributed by atoms with E-state index in [-0.39, 0.29) is 12.5 Å². The molecule has 0 bridgehead atoms. The smallest absolute Gasteiger partial charge is 0.409 e. The van der Waals surface area contributed by atoms with Crippen LogP contribution in [-0.4, -0.2) is 49.7 Å². The quantitative estimate of drug-likeness (QED) is 0.155. The number of carbonyl (C=O) groups excluding carboxylic acids is 4. The average Bonchev–Trinajstić information content (AvgIpc) is 3.50. The monoisotopic (exact) mass is 665 g/mol. The minimum absolute atomic E-state index is 0.0269. The maximum atomic E-state index is 14.6. The van der Waals surface area contributed by atoms with Crippen molar-refractivity contribution in [3.05, 3.63) is 167 Å². The molecule has 8 nitrogen and oxygen atoms in total. The molecular weight excluding hydrogens is 630 g/mol. The third kappa shape index (κ3) is 6.27. The molecule has 50 heavy (non-hydrogen) atoms. The lowest BCUT2D eigenvalue weighted by atomic mass is 9.68. The number of hydrogen-bond donors (Lipinski definition) is 1. The minimum atomic E-state index is -1.37. The molecule has 8 heteroatoms. The van der Waals surface area contributed by atoms with Crippen LogP contribution >= 0.6 is 0 Å². The van der Waals surface area contributed by atoms with Gasteiger partial charge in [0.1, 0.15) is 12.8 Å². The highest BCUT2D eigenvalue weighted by atomic mass is 16.7. The van der Waals surface area contributed by atoms with Gasteiger partial charge in [0.25, 0.3) is 0 Å². The molecule has 250 valence electrons. The second-order valence-electron chi connectivity index (χ2n) is 12.4. The number of amides is 1. The second-order valence-corrected chi connectivity index (χ2v) is 12.4. The average molecular weight is 666 g/mol. The van der Waals surface area contributed by atoms with Gasteiger partial charge < -0.3 is 14.2 Å². The summed E-state index contributed by atoms with van der Waals surface area (Å²) in [5.41, 5.74) is 5.20. The predicted molar refractivity (Wildman–Crippen MR) is 187 cm³/mol. The molecule has 1 fully saturated rings. The predicted octanol–water partition coefficient (Wildman–Crippen LogP) is 7.35. The van der Waals surface area contributed by atoms with Crippen molar-refractivity contribution in [1.29, 1.82) is 0 Å². The summed E-state index contributed by atoms with van der Waals surface area (Å²) in [6, 6.07) is 41.5. The zero-order valence-electron chi connectivity index (χ0n) is 27.3. The number of hydrogen-bond acceptors (Lipinski definition) is 7. The van der Waals surface area contributed by atoms with E-state index in [2.05, 4.69) is 5.32 Å². The molecule has 2 aliphatic rings. The lowest BCUT2D eigenvalue weighted by Gasteiger charge is -2.44. The molecule has 1 saturated heterocycles. The Balaban J connectivity index is 1.24. The minimum Gasteiger partial charge on any atom is -0.448 e. The first-order valence-electron chi connectivity index (χ1n) is 16.5. The molecule has 5 atom stereocenters. The Bertz CT molecular complexity index is 1970. The zero-order valence-corrected chi connectivity index (χ0v) is 27.3. The lowest BCUT2D eigenvalue weighted by molar-refractivity contribution is -0.225. The largest absolute Gasteiger partial charge is 0.448 e. The third-order valence-electron chi connectivity index (χ3n) is 9.59. The van der Waals surface area contributed by atoms with Crippen molar-refractivity contribution < 1.29 is 33.4 Å². The Hall–Kier alpha value is -5.70. The Kier molecular flexibility index (Phi) is 9.47. The van der Waals surface area contributed by atoms with Crippen LogP contribution < -0.4 is 5.32 Å². The van der Waals surface area contributed by atoms with Crippen molar-refractivity contribution in [2.75, 3.05) is 13.7 Å². The third-order valence-corrected chi connectivity index (χ3v) is 9.59. The Morgan fingerprint density at radius 1 is 0.560 bits per heavy atom. The molecule has 1 aliphatic carbocycles. The number of ketones is 3. The fraction of sp³-hybridized carbons (Fsp3) is 0.190. The second kappa shape index (κ2) is 14.4. The number of rotatable bonds is 10. The summed E-state index contributed by atoms with van der Waals surface area (Å²) in [5, 5.41) is 2.74. The Morgan fingerprint density at radius 2 is 0.980 bits per heavy atom. The van der Waals surface area contributed by atoms with Gasteiger partial charge in [-0.25, -0.2) is 4.79 Å². The highest BCUT2D eigenvalue weighted by molar-refractivity contribution is 6.09. The first kappa shape index (κ1) is 32.8. The number of nitrogens with one attached hydrogen (secondary N) is 1. The maximum Gasteiger partial charge on any atom is 0.409 e. The molecule has 1 heterocycles. The highest BCUT2D eigenvalue weighted by Gasteiger charge is 2.55. The van der Waals surface area contributed by atoms with Crippen LogP contribution in [0.15, 0.2) is 140 Å². The van der Waals surface area contributed by atoms with E-state index in [1.54, 1.807) is 91.0 Å². The number of ether oxygens (including phenoxy) is 3. The van der Waals surface area contributed by atoms with E-state index in [0.29, 0.717) is 16.7 Å². The van der Waals surface area contributed by atoms with Gasteiger partial charge in [0.2, 0.25) is 0 Å². The van der Waals surface area contributed by atoms with Gasteiger partial charge in [0.15, 0.2) is 23.6 Å². The van der Waals surface area contributed by atoms with Crippen molar-refractivity contribution in [2.45, 2.75) is 18.4 Å². The summed E-state index contributed by atoms with van der Waals surface area (Å²) in [7, 11) is 1.36. The van der Waals surface area contributed by atoms with Crippen molar-refractivity contribution in [1.82, 2.24) is 5.32 Å². The standard InChI is InChI=1S/C42H35NO7/c1-48-41-36(39(46)28-19-9-4-10-20-28)34(37(44)26-15-5-2-6-16-26)35(38(45)27-17-7-3-8-18-27)40(50-41)43-42(47)49-25-33-31-23-13-11-21-29(31)30-22-12-14-24-32(30)33/h2-24,33-36,40-41H,25H2,1H3,(H,43,47)/t34-,35-,36-,40+,41-/m0/s1. The first-order valence-corrected chi connectivity index (χ1v) is 16.5. The summed E-state index contributed by atoms with van der Waals surface area (Å²) in [4.78, 5) is 57.0. The van der Waals surface area contributed by atoms with Crippen LogP contribution in [0.3, 0.4) is 0 Å². The van der Waals surface area contributed by atoms with Gasteiger partial charge in [0.05, 0.1) is 17.8 Å². The lowest BCUT2D eigenvalue weighted by Crippen LogP contribution is -2.61. The first-order chi connectivity index (χ1) is 24.5. The number of carbonyl (C=O) groups is 4. The SMILES string of the molecule is CO[C@H]1O[C@@H](NC(=O)OCC2c3ccccc3-c3ccccc32)[C@H](C(=O)c2ccccc2)[C@H](C(=O)c2ccccc2)[C@H]1C(=O)c1ccccc1. The number of alkyl carbamates (subject to hydrolysis) is 1. The van der Waals surface area contributed by atoms with E-state index in [9.17, 15) is 19.2 Å². The summed E-state index contributed by atoms with van der Waals surface area (Å²) in [6.07, 6.45) is -3.49. The van der Waals surface area contributed by atoms with Crippen LogP contribution in [-0.2, 0) is 14.2 Å². The summed E-state index contributed by atoms with van der Waals surface area (Å²) >= 11 is 0. The molecule has 0 aromatic heterocycles. The van der Waals surface area contributed by atoms with E-state index in [1.165, 1.54) is 7.11 Å². The molecule has 0 unspecified atom stereocenters. The van der Waals surface area contributed by atoms with Crippen molar-refractivity contribution in [3.63, 3.8) is 0 Å². The normalized spacial score (nSPS) is 21.0. The molecule has 0 spiro atoms. The summed E-state index contributed by atoms with van der Waals surface area (Å²) in [6.45, 7) is 0.0269. The van der Waals surface area contributed by atoms with Gasteiger partial charge in [-0.1, -0.05) is 140 Å². The number of fused-ring (bicyclic) bond motifs is 3. The van der Waals surface area contributed by atoms with Crippen LogP contribution in [0, 0.1) is 17.8 Å². The maximum absolute atomic E-state index is 14.6. The van der Waals surface area contributed by atoms with Gasteiger partial charge in [-0.05, 0) is 22.3 Å². The summed E-state index contributed by atoms with van der Waals surface area (Å²) in [5.74, 6) is -5.33. The van der Waals surface area contributed by atoms with Crippen molar-refractivity contribution in [3.8, 4) is 11.1 Å². The van der Waals surface area contributed by atoms with Gasteiger partial charge in [0, 0.05) is 29.7 Å². The molecular formula is C42H35NO7. The van der Waals surface area contributed by atoms with Gasteiger partial charge in [-0.15, -0.1) is 0 Å².